The minimum absolute atomic E-state index is 0.0519. The van der Waals surface area contributed by atoms with E-state index in [2.05, 4.69) is 20.8 Å². The number of imidazole rings is 1. The van der Waals surface area contributed by atoms with Crippen molar-refractivity contribution in [3.63, 3.8) is 0 Å². The number of hydrogen-bond acceptors (Lipinski definition) is 5. The molecule has 178 valence electrons. The van der Waals surface area contributed by atoms with Gasteiger partial charge in [0, 0.05) is 37.8 Å². The van der Waals surface area contributed by atoms with E-state index in [4.69, 9.17) is 4.98 Å². The van der Waals surface area contributed by atoms with Gasteiger partial charge in [-0.05, 0) is 42.2 Å². The van der Waals surface area contributed by atoms with Gasteiger partial charge in [0.15, 0.2) is 5.65 Å². The lowest BCUT2D eigenvalue weighted by atomic mass is 9.97. The summed E-state index contributed by atoms with van der Waals surface area (Å²) in [6, 6.07) is 9.35. The molecule has 0 saturated carbocycles. The van der Waals surface area contributed by atoms with Gasteiger partial charge in [-0.15, -0.1) is 0 Å². The Hall–Kier alpha value is -2.62. The highest BCUT2D eigenvalue weighted by atomic mass is 32.3. The van der Waals surface area contributed by atoms with Crippen LogP contribution in [-0.2, 0) is 13.6 Å². The lowest BCUT2D eigenvalue weighted by molar-refractivity contribution is 0.0768. The maximum Gasteiger partial charge on any atom is 0.330 e. The number of benzene rings is 1. The van der Waals surface area contributed by atoms with Crippen molar-refractivity contribution in [2.45, 2.75) is 34.2 Å². The van der Waals surface area contributed by atoms with Crippen LogP contribution in [0, 0.1) is 12.3 Å². The second kappa shape index (κ2) is 8.30. The molecule has 1 aromatic carbocycles. The van der Waals surface area contributed by atoms with Crippen LogP contribution in [0.3, 0.4) is 0 Å². The van der Waals surface area contributed by atoms with Crippen molar-refractivity contribution in [2.75, 3.05) is 24.6 Å². The molecule has 3 aromatic rings. The molecule has 2 aromatic heterocycles. The minimum Gasteiger partial charge on any atom is -0.336 e. The molecule has 1 aliphatic heterocycles. The van der Waals surface area contributed by atoms with E-state index in [1.54, 1.807) is 27.1 Å². The Labute approximate surface area is 195 Å². The van der Waals surface area contributed by atoms with Crippen molar-refractivity contribution >= 4 is 27.7 Å². The fraction of sp³-hybridized carbons (Fsp3) is 0.458. The molecule has 0 aliphatic carbocycles. The highest BCUT2D eigenvalue weighted by Crippen LogP contribution is 2.40. The van der Waals surface area contributed by atoms with E-state index in [0.29, 0.717) is 36.5 Å². The van der Waals surface area contributed by atoms with Crippen LogP contribution < -0.4 is 5.69 Å². The topological polar surface area (TPSA) is 101 Å². The van der Waals surface area contributed by atoms with Crippen LogP contribution in [-0.4, -0.2) is 58.6 Å². The zero-order valence-corrected chi connectivity index (χ0v) is 20.6. The number of rotatable bonds is 3. The van der Waals surface area contributed by atoms with Gasteiger partial charge in [-0.2, -0.15) is 10.6 Å². The molecule has 0 bridgehead atoms. The molecule has 9 heteroatoms. The van der Waals surface area contributed by atoms with Crippen LogP contribution in [0.5, 0.6) is 0 Å². The Morgan fingerprint density at radius 2 is 1.79 bits per heavy atom. The van der Waals surface area contributed by atoms with Gasteiger partial charge in [-0.3, -0.25) is 23.0 Å². The molecule has 1 amide bonds. The zero-order chi connectivity index (χ0) is 24.1. The number of hydrogen-bond donors (Lipinski definition) is 2. The third-order valence-electron chi connectivity index (χ3n) is 6.04. The molecule has 1 saturated heterocycles. The number of pyridine rings is 1. The van der Waals surface area contributed by atoms with Crippen LogP contribution in [0.15, 0.2) is 35.1 Å². The van der Waals surface area contributed by atoms with Crippen LogP contribution in [0.1, 0.15) is 36.7 Å². The number of carbonyl (C=O) groups excluding carboxylic acids is 1. The van der Waals surface area contributed by atoms with Gasteiger partial charge in [0.05, 0.1) is 22.7 Å². The Kier molecular flexibility index (Phi) is 5.92. The van der Waals surface area contributed by atoms with Gasteiger partial charge in [0.25, 0.3) is 5.91 Å². The molecule has 0 radical (unpaired) electrons. The Morgan fingerprint density at radius 1 is 1.12 bits per heavy atom. The number of amides is 1. The average molecular weight is 473 g/mol. The van der Waals surface area contributed by atoms with E-state index in [9.17, 15) is 18.7 Å². The summed E-state index contributed by atoms with van der Waals surface area (Å²) in [6.07, 6.45) is 0. The molecular formula is C24H32N4O4S. The summed E-state index contributed by atoms with van der Waals surface area (Å²) in [6.45, 7) is 9.50. The maximum absolute atomic E-state index is 13.1. The first kappa shape index (κ1) is 23.5. The van der Waals surface area contributed by atoms with E-state index in [1.165, 1.54) is 0 Å². The first-order chi connectivity index (χ1) is 15.4. The summed E-state index contributed by atoms with van der Waals surface area (Å²) in [5.74, 6) is 0.306. The second-order valence-corrected chi connectivity index (χ2v) is 12.5. The van der Waals surface area contributed by atoms with Crippen molar-refractivity contribution < 1.29 is 13.9 Å². The van der Waals surface area contributed by atoms with Crippen LogP contribution in [0.4, 0.5) is 0 Å². The molecule has 0 atom stereocenters. The predicted octanol–water partition coefficient (Wildman–Crippen LogP) is 3.96. The number of carbonyl (C=O) groups is 1. The van der Waals surface area contributed by atoms with E-state index in [-0.39, 0.29) is 28.5 Å². The first-order valence-electron chi connectivity index (χ1n) is 11.1. The number of aromatic nitrogens is 3. The highest BCUT2D eigenvalue weighted by Gasteiger charge is 2.26. The van der Waals surface area contributed by atoms with Crippen LogP contribution >= 0.6 is 10.6 Å². The van der Waals surface area contributed by atoms with Gasteiger partial charge < -0.3 is 4.90 Å². The van der Waals surface area contributed by atoms with Gasteiger partial charge in [-0.1, -0.05) is 26.8 Å². The van der Waals surface area contributed by atoms with E-state index in [1.807, 2.05) is 31.2 Å². The molecule has 1 fully saturated rings. The average Bonchev–Trinajstić information content (AvgIpc) is 2.97. The largest absolute Gasteiger partial charge is 0.336 e. The summed E-state index contributed by atoms with van der Waals surface area (Å²) in [5, 5.41) is 0. The van der Waals surface area contributed by atoms with Gasteiger partial charge in [0.1, 0.15) is 0 Å². The summed E-state index contributed by atoms with van der Waals surface area (Å²) >= 11 is 0. The number of aryl methyl sites for hydroxylation is 2. The molecule has 2 N–H and O–H groups in total. The predicted molar refractivity (Wildman–Crippen MR) is 133 cm³/mol. The normalized spacial score (nSPS) is 17.4. The minimum atomic E-state index is -2.56. The molecule has 4 rings (SSSR count). The van der Waals surface area contributed by atoms with E-state index in [0.717, 1.165) is 16.6 Å². The third-order valence-corrected chi connectivity index (χ3v) is 7.71. The second-order valence-electron chi connectivity index (χ2n) is 10.1. The summed E-state index contributed by atoms with van der Waals surface area (Å²) in [5.41, 5.74) is 4.30. The fourth-order valence-corrected chi connectivity index (χ4v) is 5.42. The third kappa shape index (κ3) is 4.71. The monoisotopic (exact) mass is 472 g/mol. The molecule has 1 aliphatic rings. The summed E-state index contributed by atoms with van der Waals surface area (Å²) in [7, 11) is -0.831. The Bertz CT molecular complexity index is 1280. The molecule has 3 heterocycles. The van der Waals surface area contributed by atoms with Crippen molar-refractivity contribution in [1.29, 1.82) is 0 Å². The van der Waals surface area contributed by atoms with Crippen molar-refractivity contribution in [3.05, 3.63) is 51.9 Å². The smallest absolute Gasteiger partial charge is 0.330 e. The van der Waals surface area contributed by atoms with Gasteiger partial charge in [-0.25, -0.2) is 9.78 Å². The SMILES string of the molecule is Cc1ccc(C(=O)N2CCS(O)(O)CC2)cc1-c1ccc2c(n1)n(C)c(=O)n2CC(C)(C)C. The van der Waals surface area contributed by atoms with E-state index < -0.39 is 10.6 Å². The molecule has 0 unspecified atom stereocenters. The van der Waals surface area contributed by atoms with E-state index >= 15 is 0 Å². The van der Waals surface area contributed by atoms with Gasteiger partial charge >= 0.3 is 5.69 Å². The first-order valence-corrected chi connectivity index (χ1v) is 12.9. The highest BCUT2D eigenvalue weighted by molar-refractivity contribution is 8.24. The fourth-order valence-electron chi connectivity index (χ4n) is 4.19. The van der Waals surface area contributed by atoms with Crippen LogP contribution in [0.25, 0.3) is 22.4 Å². The molecular weight excluding hydrogens is 440 g/mol. The quantitative estimate of drug-likeness (QED) is 0.601. The lowest BCUT2D eigenvalue weighted by Crippen LogP contribution is -2.42. The lowest BCUT2D eigenvalue weighted by Gasteiger charge is -2.41. The Balaban J connectivity index is 1.71. The van der Waals surface area contributed by atoms with Crippen LogP contribution in [0.2, 0.25) is 0 Å². The maximum atomic E-state index is 13.1. The molecule has 8 nitrogen and oxygen atoms in total. The van der Waals surface area contributed by atoms with Crippen molar-refractivity contribution in [3.8, 4) is 11.3 Å². The Morgan fingerprint density at radius 3 is 2.42 bits per heavy atom. The van der Waals surface area contributed by atoms with Crippen molar-refractivity contribution in [1.82, 2.24) is 19.0 Å². The number of nitrogens with zero attached hydrogens (tertiary/aromatic N) is 4. The zero-order valence-electron chi connectivity index (χ0n) is 19.8. The summed E-state index contributed by atoms with van der Waals surface area (Å²) in [4.78, 5) is 32.4. The molecule has 33 heavy (non-hydrogen) atoms. The molecule has 0 spiro atoms. The van der Waals surface area contributed by atoms with Gasteiger partial charge in [0.2, 0.25) is 0 Å². The standard InChI is InChI=1S/C24H32N4O4S/c1-16-6-7-17(22(29)27-10-12-33(31,32)13-11-27)14-18(16)19-8-9-20-21(25-19)26(5)23(30)28(20)15-24(2,3)4/h6-9,14,31-32H,10-13,15H2,1-5H3. The van der Waals surface area contributed by atoms with Crippen molar-refractivity contribution in [2.24, 2.45) is 12.5 Å². The number of fused-ring (bicyclic) bond motifs is 1. The summed E-state index contributed by atoms with van der Waals surface area (Å²) < 4.78 is 23.0.